The van der Waals surface area contributed by atoms with Crippen molar-refractivity contribution in [2.24, 2.45) is 5.73 Å². The normalized spacial score (nSPS) is 11.4. The Morgan fingerprint density at radius 3 is 2.57 bits per heavy atom. The van der Waals surface area contributed by atoms with Gasteiger partial charge in [-0.05, 0) is 12.1 Å². The second-order valence-electron chi connectivity index (χ2n) is 2.58. The second kappa shape index (κ2) is 3.73. The molecule has 1 aromatic carbocycles. The van der Waals surface area contributed by atoms with E-state index in [2.05, 4.69) is 0 Å². The molecule has 0 aliphatic rings. The van der Waals surface area contributed by atoms with Gasteiger partial charge in [-0.15, -0.1) is 0 Å². The number of hydrogen-bond donors (Lipinski definition) is 2. The zero-order valence-electron chi connectivity index (χ0n) is 7.03. The molecule has 0 saturated carbocycles. The Bertz CT molecular complexity index is 445. The van der Waals surface area contributed by atoms with Gasteiger partial charge in [-0.1, -0.05) is 0 Å². The molecule has 14 heavy (non-hydrogen) atoms. The average molecular weight is 191 g/mol. The van der Waals surface area contributed by atoms with Gasteiger partial charge in [-0.25, -0.2) is 4.39 Å². The van der Waals surface area contributed by atoms with Crippen molar-refractivity contribution in [1.82, 2.24) is 0 Å². The van der Waals surface area contributed by atoms with E-state index in [-0.39, 0.29) is 11.1 Å². The van der Waals surface area contributed by atoms with E-state index < -0.39 is 17.6 Å². The molecular formula is C9H6FN3O. The summed E-state index contributed by atoms with van der Waals surface area (Å²) in [4.78, 5) is 0. The van der Waals surface area contributed by atoms with Gasteiger partial charge in [0.05, 0.1) is 17.7 Å². The summed E-state index contributed by atoms with van der Waals surface area (Å²) in [6, 6.07) is 4.25. The van der Waals surface area contributed by atoms with Gasteiger partial charge in [-0.2, -0.15) is 10.5 Å². The van der Waals surface area contributed by atoms with E-state index in [1.54, 1.807) is 12.1 Å². The summed E-state index contributed by atoms with van der Waals surface area (Å²) in [7, 11) is 0. The van der Waals surface area contributed by atoms with Gasteiger partial charge in [0.25, 0.3) is 0 Å². The quantitative estimate of drug-likeness (QED) is 0.690. The van der Waals surface area contributed by atoms with Crippen molar-refractivity contribution in [1.29, 1.82) is 10.5 Å². The van der Waals surface area contributed by atoms with Gasteiger partial charge in [-0.3, -0.25) is 0 Å². The number of nitrogens with zero attached hydrogens (tertiary/aromatic N) is 2. The maximum Gasteiger partial charge on any atom is 0.165 e. The number of rotatable bonds is 1. The summed E-state index contributed by atoms with van der Waals surface area (Å²) in [5.41, 5.74) is 5.13. The molecule has 70 valence electrons. The monoisotopic (exact) mass is 191 g/mol. The molecule has 0 amide bonds. The highest BCUT2D eigenvalue weighted by atomic mass is 19.1. The van der Waals surface area contributed by atoms with Crippen LogP contribution in [0.2, 0.25) is 0 Å². The van der Waals surface area contributed by atoms with Gasteiger partial charge >= 0.3 is 0 Å². The van der Waals surface area contributed by atoms with Crippen LogP contribution in [-0.4, -0.2) is 5.11 Å². The summed E-state index contributed by atoms with van der Waals surface area (Å²) in [6.07, 6.45) is 0. The highest BCUT2D eigenvalue weighted by molar-refractivity contribution is 5.50. The van der Waals surface area contributed by atoms with Gasteiger partial charge in [0, 0.05) is 5.56 Å². The fraction of sp³-hybridized carbons (Fsp3) is 0.111. The zero-order chi connectivity index (χ0) is 10.7. The molecule has 4 nitrogen and oxygen atoms in total. The largest absolute Gasteiger partial charge is 0.505 e. The zero-order valence-corrected chi connectivity index (χ0v) is 7.03. The molecular weight excluding hydrogens is 185 g/mol. The van der Waals surface area contributed by atoms with E-state index in [9.17, 15) is 9.50 Å². The van der Waals surface area contributed by atoms with E-state index in [1.165, 1.54) is 6.07 Å². The van der Waals surface area contributed by atoms with Crippen LogP contribution in [0.3, 0.4) is 0 Å². The molecule has 0 saturated heterocycles. The summed E-state index contributed by atoms with van der Waals surface area (Å²) in [5.74, 6) is -1.64. The molecule has 5 heteroatoms. The van der Waals surface area contributed by atoms with Crippen molar-refractivity contribution in [3.8, 4) is 17.9 Å². The lowest BCUT2D eigenvalue weighted by molar-refractivity contribution is 0.424. The van der Waals surface area contributed by atoms with E-state index >= 15 is 0 Å². The van der Waals surface area contributed by atoms with Crippen molar-refractivity contribution in [2.45, 2.75) is 6.04 Å². The molecule has 0 aliphatic carbocycles. The number of hydrogen-bond acceptors (Lipinski definition) is 4. The molecule has 1 atom stereocenters. The van der Waals surface area contributed by atoms with Gasteiger partial charge in [0.15, 0.2) is 11.6 Å². The van der Waals surface area contributed by atoms with Crippen molar-refractivity contribution in [2.75, 3.05) is 0 Å². The molecule has 0 unspecified atom stereocenters. The Hall–Kier alpha value is -2.11. The van der Waals surface area contributed by atoms with Crippen LogP contribution in [0.15, 0.2) is 12.1 Å². The number of aromatic hydroxyl groups is 1. The van der Waals surface area contributed by atoms with E-state index in [0.29, 0.717) is 0 Å². The first-order chi connectivity index (χ1) is 6.61. The first-order valence-electron chi connectivity index (χ1n) is 3.68. The lowest BCUT2D eigenvalue weighted by atomic mass is 10.0. The van der Waals surface area contributed by atoms with Crippen LogP contribution in [0.25, 0.3) is 0 Å². The van der Waals surface area contributed by atoms with Crippen LogP contribution in [0, 0.1) is 28.5 Å². The fourth-order valence-electron chi connectivity index (χ4n) is 1.06. The van der Waals surface area contributed by atoms with Crippen molar-refractivity contribution in [3.63, 3.8) is 0 Å². The second-order valence-corrected chi connectivity index (χ2v) is 2.58. The molecule has 0 heterocycles. The predicted octanol–water partition coefficient (Wildman–Crippen LogP) is 0.926. The Kier molecular flexibility index (Phi) is 2.66. The Labute approximate surface area is 79.6 Å². The minimum Gasteiger partial charge on any atom is -0.505 e. The first-order valence-corrected chi connectivity index (χ1v) is 3.68. The Balaban J connectivity index is 3.47. The van der Waals surface area contributed by atoms with Gasteiger partial charge in [0.1, 0.15) is 6.04 Å². The number of nitriles is 2. The lowest BCUT2D eigenvalue weighted by Crippen LogP contribution is -2.10. The van der Waals surface area contributed by atoms with Crippen LogP contribution in [0.4, 0.5) is 4.39 Å². The smallest absolute Gasteiger partial charge is 0.165 e. The van der Waals surface area contributed by atoms with Gasteiger partial charge in [0.2, 0.25) is 0 Å². The lowest BCUT2D eigenvalue weighted by Gasteiger charge is -2.08. The minimum atomic E-state index is -1.21. The standard InChI is InChI=1S/C9H6FN3O/c10-6-2-1-5(3-11)8(9(6)14)7(13)4-12/h1-2,7,14H,13H2/t7-/m1/s1. The third-order valence-corrected chi connectivity index (χ3v) is 1.74. The third-order valence-electron chi connectivity index (χ3n) is 1.74. The van der Waals surface area contributed by atoms with E-state index in [0.717, 1.165) is 6.07 Å². The summed E-state index contributed by atoms with van der Waals surface area (Å²) < 4.78 is 12.9. The highest BCUT2D eigenvalue weighted by Crippen LogP contribution is 2.28. The van der Waals surface area contributed by atoms with Crippen molar-refractivity contribution >= 4 is 0 Å². The molecule has 0 aromatic heterocycles. The van der Waals surface area contributed by atoms with Crippen LogP contribution in [-0.2, 0) is 0 Å². The number of halogens is 1. The molecule has 0 aliphatic heterocycles. The highest BCUT2D eigenvalue weighted by Gasteiger charge is 2.18. The van der Waals surface area contributed by atoms with E-state index in [1.807, 2.05) is 0 Å². The molecule has 0 spiro atoms. The van der Waals surface area contributed by atoms with Crippen molar-refractivity contribution < 1.29 is 9.50 Å². The van der Waals surface area contributed by atoms with Crippen LogP contribution in [0.5, 0.6) is 5.75 Å². The summed E-state index contributed by atoms with van der Waals surface area (Å²) in [6.45, 7) is 0. The predicted molar refractivity (Wildman–Crippen MR) is 45.3 cm³/mol. The van der Waals surface area contributed by atoms with Crippen LogP contribution < -0.4 is 5.73 Å². The summed E-state index contributed by atoms with van der Waals surface area (Å²) >= 11 is 0. The molecule has 1 rings (SSSR count). The minimum absolute atomic E-state index is 0.00190. The molecule has 1 aromatic rings. The fourth-order valence-corrected chi connectivity index (χ4v) is 1.06. The third kappa shape index (κ3) is 1.49. The SMILES string of the molecule is N#Cc1ccc(F)c(O)c1[C@H](N)C#N. The first kappa shape index (κ1) is 9.97. The van der Waals surface area contributed by atoms with Gasteiger partial charge < -0.3 is 10.8 Å². The van der Waals surface area contributed by atoms with Crippen LogP contribution in [0.1, 0.15) is 17.2 Å². The van der Waals surface area contributed by atoms with Crippen molar-refractivity contribution in [3.05, 3.63) is 29.1 Å². The molecule has 0 radical (unpaired) electrons. The molecule has 3 N–H and O–H groups in total. The molecule has 0 fully saturated rings. The Morgan fingerprint density at radius 1 is 1.43 bits per heavy atom. The Morgan fingerprint density at radius 2 is 2.07 bits per heavy atom. The maximum atomic E-state index is 12.9. The summed E-state index contributed by atoms with van der Waals surface area (Å²) in [5, 5.41) is 26.4. The van der Waals surface area contributed by atoms with E-state index in [4.69, 9.17) is 16.3 Å². The maximum absolute atomic E-state index is 12.9. The number of benzene rings is 1. The molecule has 0 bridgehead atoms. The number of nitrogens with two attached hydrogens (primary N) is 1. The van der Waals surface area contributed by atoms with Crippen LogP contribution >= 0.6 is 0 Å². The average Bonchev–Trinajstić information content (AvgIpc) is 2.20. The topological polar surface area (TPSA) is 93.8 Å². The number of phenolic OH excluding ortho intramolecular Hbond substituents is 1. The number of phenols is 1.